The van der Waals surface area contributed by atoms with E-state index in [1.54, 1.807) is 7.11 Å². The highest BCUT2D eigenvalue weighted by Crippen LogP contribution is 2.25. The molecule has 190 valence electrons. The van der Waals surface area contributed by atoms with Gasteiger partial charge in [0.15, 0.2) is 0 Å². The first-order valence-corrected chi connectivity index (χ1v) is 12.6. The van der Waals surface area contributed by atoms with E-state index in [1.165, 1.54) is 0 Å². The summed E-state index contributed by atoms with van der Waals surface area (Å²) in [7, 11) is 1.64. The topological polar surface area (TPSA) is 70.6 Å². The molecule has 0 bridgehead atoms. The Morgan fingerprint density at radius 1 is 0.784 bits per heavy atom. The first kappa shape index (κ1) is 26.1. The number of aliphatic hydroxyl groups excluding tert-OH is 1. The van der Waals surface area contributed by atoms with Gasteiger partial charge in [-0.25, -0.2) is 0 Å². The van der Waals surface area contributed by atoms with Gasteiger partial charge in [0.05, 0.1) is 25.2 Å². The molecule has 0 fully saturated rings. The number of methoxy groups -OCH3 is 1. The van der Waals surface area contributed by atoms with Crippen molar-refractivity contribution in [3.63, 3.8) is 0 Å². The van der Waals surface area contributed by atoms with Gasteiger partial charge in [-0.3, -0.25) is 4.79 Å². The Balaban J connectivity index is 1.50. The van der Waals surface area contributed by atoms with Gasteiger partial charge in [0.2, 0.25) is 5.91 Å². The van der Waals surface area contributed by atoms with E-state index in [1.807, 2.05) is 115 Å². The van der Waals surface area contributed by atoms with Crippen molar-refractivity contribution in [2.24, 2.45) is 0 Å². The lowest BCUT2D eigenvalue weighted by Crippen LogP contribution is -2.50. The maximum atomic E-state index is 13.8. The molecule has 0 heterocycles. The average molecular weight is 495 g/mol. The Bertz CT molecular complexity index is 1190. The minimum Gasteiger partial charge on any atom is -0.497 e. The molecule has 3 N–H and O–H groups in total. The predicted octanol–water partition coefficient (Wildman–Crippen LogP) is 4.71. The van der Waals surface area contributed by atoms with Crippen LogP contribution in [0.4, 0.5) is 0 Å². The van der Waals surface area contributed by atoms with Crippen molar-refractivity contribution in [1.29, 1.82) is 0 Å². The van der Waals surface area contributed by atoms with Crippen LogP contribution in [-0.2, 0) is 17.8 Å². The van der Waals surface area contributed by atoms with Crippen LogP contribution in [0.15, 0.2) is 115 Å². The Labute approximate surface area is 219 Å². The van der Waals surface area contributed by atoms with Crippen molar-refractivity contribution >= 4 is 5.91 Å². The number of carbonyl (C=O) groups is 1. The van der Waals surface area contributed by atoms with E-state index in [-0.39, 0.29) is 5.91 Å². The zero-order chi connectivity index (χ0) is 25.9. The van der Waals surface area contributed by atoms with Gasteiger partial charge in [0.1, 0.15) is 5.75 Å². The molecule has 5 heteroatoms. The van der Waals surface area contributed by atoms with E-state index in [0.29, 0.717) is 19.5 Å². The molecule has 4 aromatic carbocycles. The van der Waals surface area contributed by atoms with Crippen LogP contribution in [-0.4, -0.2) is 36.8 Å². The second-order valence-corrected chi connectivity index (χ2v) is 9.11. The van der Waals surface area contributed by atoms with Crippen molar-refractivity contribution in [3.05, 3.63) is 138 Å². The van der Waals surface area contributed by atoms with Crippen LogP contribution in [0.25, 0.3) is 0 Å². The molecule has 4 aromatic rings. The molecule has 1 amide bonds. The van der Waals surface area contributed by atoms with Gasteiger partial charge in [-0.2, -0.15) is 0 Å². The fraction of sp³-hybridized carbons (Fsp3) is 0.219. The molecule has 0 aliphatic heterocycles. The van der Waals surface area contributed by atoms with Crippen molar-refractivity contribution < 1.29 is 14.6 Å². The SMILES string of the molecule is COc1cccc(CNC[C@@H](O)[C@H](Cc2ccccc2)NC(=O)C(c2ccccc2)c2ccccc2)c1. The standard InChI is InChI=1S/C32H34N2O3/c1-37-28-19-11-14-25(20-28)22-33-23-30(35)29(21-24-12-5-2-6-13-24)34-32(36)31(26-15-7-3-8-16-26)27-17-9-4-10-18-27/h2-20,29-31,33,35H,21-23H2,1H3,(H,34,36)/t29-,30+/m0/s1. The normalized spacial score (nSPS) is 12.6. The molecule has 0 aromatic heterocycles. The fourth-order valence-electron chi connectivity index (χ4n) is 4.49. The summed E-state index contributed by atoms with van der Waals surface area (Å²) in [5.41, 5.74) is 3.93. The first-order chi connectivity index (χ1) is 18.1. The van der Waals surface area contributed by atoms with Crippen molar-refractivity contribution in [2.45, 2.75) is 31.0 Å². The van der Waals surface area contributed by atoms with Gasteiger partial charge < -0.3 is 20.5 Å². The predicted molar refractivity (Wildman–Crippen MR) is 148 cm³/mol. The molecular weight excluding hydrogens is 460 g/mol. The van der Waals surface area contributed by atoms with Crippen LogP contribution in [0.2, 0.25) is 0 Å². The van der Waals surface area contributed by atoms with Crippen LogP contribution < -0.4 is 15.4 Å². The number of rotatable bonds is 12. The summed E-state index contributed by atoms with van der Waals surface area (Å²) in [4.78, 5) is 13.8. The fourth-order valence-corrected chi connectivity index (χ4v) is 4.49. The van der Waals surface area contributed by atoms with E-state index in [9.17, 15) is 9.90 Å². The molecule has 2 atom stereocenters. The number of aliphatic hydroxyl groups is 1. The molecule has 0 saturated carbocycles. The Morgan fingerprint density at radius 2 is 1.35 bits per heavy atom. The number of hydrogen-bond acceptors (Lipinski definition) is 4. The lowest BCUT2D eigenvalue weighted by molar-refractivity contribution is -0.123. The summed E-state index contributed by atoms with van der Waals surface area (Å²) in [5.74, 6) is 0.185. The summed E-state index contributed by atoms with van der Waals surface area (Å²) in [6.45, 7) is 0.910. The van der Waals surface area contributed by atoms with Crippen molar-refractivity contribution in [3.8, 4) is 5.75 Å². The maximum Gasteiger partial charge on any atom is 0.232 e. The highest BCUT2D eigenvalue weighted by Gasteiger charge is 2.28. The number of hydrogen-bond donors (Lipinski definition) is 3. The zero-order valence-corrected chi connectivity index (χ0v) is 21.1. The molecule has 0 aliphatic carbocycles. The molecule has 37 heavy (non-hydrogen) atoms. The summed E-state index contributed by atoms with van der Waals surface area (Å²) in [5, 5.41) is 17.7. The molecule has 0 radical (unpaired) electrons. The third-order valence-electron chi connectivity index (χ3n) is 6.44. The van der Waals surface area contributed by atoms with E-state index < -0.39 is 18.1 Å². The van der Waals surface area contributed by atoms with Gasteiger partial charge >= 0.3 is 0 Å². The molecule has 0 spiro atoms. The summed E-state index contributed by atoms with van der Waals surface area (Å²) >= 11 is 0. The minimum atomic E-state index is -0.790. The Kier molecular flexibility index (Phi) is 9.47. The van der Waals surface area contributed by atoms with Gasteiger partial charge in [0, 0.05) is 13.1 Å². The maximum absolute atomic E-state index is 13.8. The number of ether oxygens (including phenoxy) is 1. The lowest BCUT2D eigenvalue weighted by atomic mass is 9.89. The van der Waals surface area contributed by atoms with E-state index in [4.69, 9.17) is 4.74 Å². The second kappa shape index (κ2) is 13.4. The third kappa shape index (κ3) is 7.53. The van der Waals surface area contributed by atoms with E-state index in [2.05, 4.69) is 10.6 Å². The highest BCUT2D eigenvalue weighted by molar-refractivity contribution is 5.87. The zero-order valence-electron chi connectivity index (χ0n) is 21.1. The number of nitrogens with one attached hydrogen (secondary N) is 2. The van der Waals surface area contributed by atoms with Gasteiger partial charge in [-0.1, -0.05) is 103 Å². The quantitative estimate of drug-likeness (QED) is 0.267. The van der Waals surface area contributed by atoms with Crippen LogP contribution in [0.3, 0.4) is 0 Å². The molecular formula is C32H34N2O3. The molecule has 5 nitrogen and oxygen atoms in total. The van der Waals surface area contributed by atoms with Crippen LogP contribution in [0.1, 0.15) is 28.2 Å². The molecule has 4 rings (SSSR count). The molecule has 0 unspecified atom stereocenters. The van der Waals surface area contributed by atoms with E-state index >= 15 is 0 Å². The highest BCUT2D eigenvalue weighted by atomic mass is 16.5. The Morgan fingerprint density at radius 3 is 1.95 bits per heavy atom. The summed E-state index contributed by atoms with van der Waals surface area (Å²) < 4.78 is 5.30. The summed E-state index contributed by atoms with van der Waals surface area (Å²) in [6.07, 6.45) is -0.271. The Hall–Kier alpha value is -3.93. The monoisotopic (exact) mass is 494 g/mol. The second-order valence-electron chi connectivity index (χ2n) is 9.11. The first-order valence-electron chi connectivity index (χ1n) is 12.6. The number of benzene rings is 4. The van der Waals surface area contributed by atoms with Gasteiger partial charge in [0.25, 0.3) is 0 Å². The largest absolute Gasteiger partial charge is 0.497 e. The van der Waals surface area contributed by atoms with Crippen LogP contribution in [0, 0.1) is 0 Å². The number of amides is 1. The van der Waals surface area contributed by atoms with Crippen LogP contribution >= 0.6 is 0 Å². The average Bonchev–Trinajstić information content (AvgIpc) is 2.94. The molecule has 0 aliphatic rings. The van der Waals surface area contributed by atoms with Gasteiger partial charge in [-0.15, -0.1) is 0 Å². The van der Waals surface area contributed by atoms with Crippen molar-refractivity contribution in [2.75, 3.05) is 13.7 Å². The summed E-state index contributed by atoms with van der Waals surface area (Å²) in [6, 6.07) is 36.8. The smallest absolute Gasteiger partial charge is 0.232 e. The van der Waals surface area contributed by atoms with Crippen LogP contribution in [0.5, 0.6) is 5.75 Å². The third-order valence-corrected chi connectivity index (χ3v) is 6.44. The van der Waals surface area contributed by atoms with Crippen molar-refractivity contribution in [1.82, 2.24) is 10.6 Å². The van der Waals surface area contributed by atoms with E-state index in [0.717, 1.165) is 28.0 Å². The van der Waals surface area contributed by atoms with Gasteiger partial charge in [-0.05, 0) is 40.8 Å². The minimum absolute atomic E-state index is 0.134. The number of carbonyl (C=O) groups excluding carboxylic acids is 1. The molecule has 0 saturated heterocycles. The lowest BCUT2D eigenvalue weighted by Gasteiger charge is -2.27.